The van der Waals surface area contributed by atoms with Crippen LogP contribution in [0.1, 0.15) is 76.1 Å². The van der Waals surface area contributed by atoms with Gasteiger partial charge in [0.15, 0.2) is 11.7 Å². The Labute approximate surface area is 386 Å². The Bertz CT molecular complexity index is 2540. The van der Waals surface area contributed by atoms with Crippen molar-refractivity contribution in [2.75, 3.05) is 26.7 Å². The number of hydrogen-bond acceptors (Lipinski definition) is 10. The topological polar surface area (TPSA) is 314 Å². The number of nitrogens with two attached hydrogens (primary N) is 2. The van der Waals surface area contributed by atoms with E-state index in [0.717, 1.165) is 0 Å². The Kier molecular flexibility index (Phi) is 17.3. The summed E-state index contributed by atoms with van der Waals surface area (Å²) in [6.45, 7) is 2.74. The van der Waals surface area contributed by atoms with E-state index in [2.05, 4.69) is 36.9 Å². The number of rotatable bonds is 21. The van der Waals surface area contributed by atoms with Crippen molar-refractivity contribution in [1.82, 2.24) is 31.9 Å². The second-order valence-corrected chi connectivity index (χ2v) is 16.4. The Morgan fingerprint density at radius 2 is 1.46 bits per heavy atom. The molecule has 0 saturated carbocycles. The van der Waals surface area contributed by atoms with Gasteiger partial charge in [-0.3, -0.25) is 38.6 Å². The molecule has 5 rings (SSSR count). The highest BCUT2D eigenvalue weighted by Crippen LogP contribution is 2.42. The molecule has 19 nitrogen and oxygen atoms in total. The van der Waals surface area contributed by atoms with Crippen LogP contribution in [0, 0.1) is 5.92 Å². The fourth-order valence-corrected chi connectivity index (χ4v) is 7.65. The second kappa shape index (κ2) is 23.2. The number of likely N-dealkylation sites (N-methyl/N-ethyl adjacent to an activating group) is 1. The molecule has 352 valence electrons. The van der Waals surface area contributed by atoms with Crippen molar-refractivity contribution in [3.63, 3.8) is 0 Å². The molecule has 0 radical (unpaired) electrons. The lowest BCUT2D eigenvalue weighted by atomic mass is 9.76. The molecule has 3 aromatic carbocycles. The van der Waals surface area contributed by atoms with E-state index in [4.69, 9.17) is 11.5 Å². The van der Waals surface area contributed by atoms with Crippen LogP contribution >= 0.6 is 0 Å². The van der Waals surface area contributed by atoms with Crippen molar-refractivity contribution < 1.29 is 48.6 Å². The van der Waals surface area contributed by atoms with Crippen molar-refractivity contribution in [2.24, 2.45) is 22.4 Å². The van der Waals surface area contributed by atoms with Crippen LogP contribution in [0.15, 0.2) is 101 Å². The lowest BCUT2D eigenvalue weighted by Crippen LogP contribution is -2.57. The predicted molar refractivity (Wildman–Crippen MR) is 248 cm³/mol. The molecular weight excluding hydrogens is 863 g/mol. The quantitative estimate of drug-likeness (QED) is 0.0405. The number of aliphatic imine (C=N–C) groups is 1. The summed E-state index contributed by atoms with van der Waals surface area (Å²) in [6, 6.07) is 14.3. The first-order valence-corrected chi connectivity index (χ1v) is 21.6. The van der Waals surface area contributed by atoms with Gasteiger partial charge in [0.1, 0.15) is 23.9 Å². The summed E-state index contributed by atoms with van der Waals surface area (Å²) in [4.78, 5) is 108. The van der Waals surface area contributed by atoms with Gasteiger partial charge in [-0.25, -0.2) is 4.79 Å². The Morgan fingerprint density at radius 3 is 2.15 bits per heavy atom. The number of nitrogens with one attached hydrogen (secondary N) is 6. The van der Waals surface area contributed by atoms with Gasteiger partial charge in [0.05, 0.1) is 18.7 Å². The van der Waals surface area contributed by atoms with Crippen LogP contribution < -0.4 is 43.4 Å². The molecule has 67 heavy (non-hydrogen) atoms. The predicted octanol–water partition coefficient (Wildman–Crippen LogP) is 0.903. The van der Waals surface area contributed by atoms with Crippen LogP contribution in [-0.2, 0) is 41.6 Å². The summed E-state index contributed by atoms with van der Waals surface area (Å²) in [6.07, 6.45) is 5.58. The molecule has 6 amide bonds. The number of carbonyl (C=O) groups excluding carboxylic acids is 7. The van der Waals surface area contributed by atoms with Crippen molar-refractivity contribution in [3.8, 4) is 5.75 Å². The van der Waals surface area contributed by atoms with Crippen molar-refractivity contribution in [2.45, 2.75) is 64.1 Å². The number of ketones is 1. The molecule has 0 heterocycles. The summed E-state index contributed by atoms with van der Waals surface area (Å²) in [7, 11) is 1.43. The molecule has 19 heteroatoms. The maximum atomic E-state index is 13.9. The number of benzene rings is 3. The minimum atomic E-state index is -1.34. The molecule has 0 aromatic heterocycles. The van der Waals surface area contributed by atoms with E-state index in [1.807, 2.05) is 13.8 Å². The minimum Gasteiger partial charge on any atom is -0.508 e. The number of aromatic carboxylic acids is 1. The normalized spacial score (nSPS) is 14.0. The van der Waals surface area contributed by atoms with Gasteiger partial charge in [0.25, 0.3) is 5.91 Å². The number of amides is 6. The number of phenols is 1. The number of allylic oxidation sites excluding steroid dienone is 5. The number of carboxylic acids is 1. The fraction of sp³-hybridized carbons (Fsp3) is 0.312. The molecule has 2 aliphatic rings. The Morgan fingerprint density at radius 1 is 0.776 bits per heavy atom. The first-order valence-electron chi connectivity index (χ1n) is 21.6. The van der Waals surface area contributed by atoms with E-state index in [1.54, 1.807) is 48.5 Å². The molecule has 0 bridgehead atoms. The summed E-state index contributed by atoms with van der Waals surface area (Å²) in [5, 5.41) is 35.9. The van der Waals surface area contributed by atoms with Gasteiger partial charge >= 0.3 is 5.97 Å². The molecule has 0 fully saturated rings. The number of phenolic OH excluding ortho intramolecular Hbond substituents is 1. The van der Waals surface area contributed by atoms with E-state index in [1.165, 1.54) is 43.5 Å². The smallest absolute Gasteiger partial charge is 0.336 e. The molecular formula is C48H55N9O10. The van der Waals surface area contributed by atoms with Crippen molar-refractivity contribution in [1.29, 1.82) is 0 Å². The van der Waals surface area contributed by atoms with E-state index in [-0.39, 0.29) is 65.9 Å². The van der Waals surface area contributed by atoms with E-state index in [0.29, 0.717) is 46.3 Å². The summed E-state index contributed by atoms with van der Waals surface area (Å²) in [5.74, 6) is -5.83. The van der Waals surface area contributed by atoms with E-state index in [9.17, 15) is 48.6 Å². The van der Waals surface area contributed by atoms with Crippen LogP contribution in [0.4, 0.5) is 0 Å². The number of fused-ring (bicyclic) bond motifs is 2. The lowest BCUT2D eigenvalue weighted by Gasteiger charge is -2.27. The maximum Gasteiger partial charge on any atom is 0.336 e. The SMILES string of the molecule is CNC(=O)C(CCCN=C(N)N)NC(=O)C(CC(C)C)NC(=O)C(Cc1ccccc1)NC(=O)CNC(=O)CNC(=O)c1ccc(C2=C3C=CC(=O)C=C3Cc3cc(O)ccc32)c(C(=O)O)c1. The standard InChI is InChI=1S/C48H55N9O10/c1-26(2)18-38(45(64)56-37(44(63)51-3)10-7-17-52-48(49)50)57-46(65)39(19-27-8-5-4-6-9-27)55-41(61)25-53-40(60)24-54-43(62)28-11-14-35(36(23-28)47(66)67)42-33-15-12-31(58)21-29(33)20-30-22-32(59)13-16-34(30)42/h4-6,8-9,11-16,21-23,26,37-39,58H,7,10,17-20,24-25H2,1-3H3,(H,51,63)(H,53,60)(H,54,62)(H,55,61)(H,56,64)(H,57,65)(H,66,67)(H4,49,50,52). The third-order valence-electron chi connectivity index (χ3n) is 10.8. The molecule has 3 unspecified atom stereocenters. The molecule has 0 spiro atoms. The highest BCUT2D eigenvalue weighted by atomic mass is 16.4. The van der Waals surface area contributed by atoms with Crippen LogP contribution in [0.2, 0.25) is 0 Å². The van der Waals surface area contributed by atoms with Gasteiger partial charge in [-0.15, -0.1) is 0 Å². The average molecular weight is 918 g/mol. The van der Waals surface area contributed by atoms with Crippen LogP contribution in [0.5, 0.6) is 5.75 Å². The molecule has 0 saturated heterocycles. The number of carbonyl (C=O) groups is 8. The molecule has 3 aromatic rings. The van der Waals surface area contributed by atoms with Crippen LogP contribution in [0.3, 0.4) is 0 Å². The van der Waals surface area contributed by atoms with E-state index < -0.39 is 72.6 Å². The third kappa shape index (κ3) is 14.0. The number of hydrogen-bond donors (Lipinski definition) is 10. The summed E-state index contributed by atoms with van der Waals surface area (Å²) < 4.78 is 0. The number of carboxylic acid groups (broad SMARTS) is 1. The number of guanidine groups is 1. The van der Waals surface area contributed by atoms with Gasteiger partial charge in [-0.2, -0.15) is 0 Å². The Hall–Kier alpha value is -8.09. The van der Waals surface area contributed by atoms with Gasteiger partial charge in [0.2, 0.25) is 29.5 Å². The molecule has 0 aliphatic heterocycles. The molecule has 12 N–H and O–H groups in total. The maximum absolute atomic E-state index is 13.9. The molecule has 3 atom stereocenters. The van der Waals surface area contributed by atoms with Crippen LogP contribution in [-0.4, -0.2) is 108 Å². The third-order valence-corrected chi connectivity index (χ3v) is 10.8. The molecule has 2 aliphatic carbocycles. The second-order valence-electron chi connectivity index (χ2n) is 16.4. The van der Waals surface area contributed by atoms with Gasteiger partial charge < -0.3 is 53.6 Å². The number of aromatic hydroxyl groups is 1. The minimum absolute atomic E-state index is 0.00334. The monoisotopic (exact) mass is 917 g/mol. The fourth-order valence-electron chi connectivity index (χ4n) is 7.65. The summed E-state index contributed by atoms with van der Waals surface area (Å²) in [5.41, 5.74) is 14.5. The van der Waals surface area contributed by atoms with Crippen LogP contribution in [0.25, 0.3) is 5.57 Å². The van der Waals surface area contributed by atoms with E-state index >= 15 is 0 Å². The highest BCUT2D eigenvalue weighted by molar-refractivity contribution is 6.08. The zero-order valence-corrected chi connectivity index (χ0v) is 37.3. The van der Waals surface area contributed by atoms with Gasteiger partial charge in [0, 0.05) is 25.6 Å². The van der Waals surface area contributed by atoms with Gasteiger partial charge in [-0.1, -0.05) is 62.4 Å². The lowest BCUT2D eigenvalue weighted by molar-refractivity contribution is -0.134. The highest BCUT2D eigenvalue weighted by Gasteiger charge is 2.31. The average Bonchev–Trinajstić information content (AvgIpc) is 3.29. The Balaban J connectivity index is 1.23. The number of nitrogens with zero attached hydrogens (tertiary/aromatic N) is 1. The van der Waals surface area contributed by atoms with Crippen molar-refractivity contribution in [3.05, 3.63) is 129 Å². The zero-order valence-electron chi connectivity index (χ0n) is 37.3. The summed E-state index contributed by atoms with van der Waals surface area (Å²) >= 11 is 0. The van der Waals surface area contributed by atoms with Gasteiger partial charge in [-0.05, 0) is 107 Å². The largest absolute Gasteiger partial charge is 0.508 e. The van der Waals surface area contributed by atoms with Crippen molar-refractivity contribution >= 4 is 58.7 Å². The zero-order chi connectivity index (χ0) is 48.8. The first-order chi connectivity index (χ1) is 31.9. The first kappa shape index (κ1) is 49.9.